The van der Waals surface area contributed by atoms with Gasteiger partial charge >= 0.3 is 0 Å². The fourth-order valence-corrected chi connectivity index (χ4v) is 4.00. The highest BCUT2D eigenvalue weighted by atomic mass is 32.1. The molecule has 3 rings (SSSR count). The molecule has 0 aliphatic carbocycles. The van der Waals surface area contributed by atoms with Gasteiger partial charge in [0.25, 0.3) is 5.91 Å². The van der Waals surface area contributed by atoms with Gasteiger partial charge in [-0.25, -0.2) is 4.98 Å². The molecule has 0 aromatic carbocycles. The van der Waals surface area contributed by atoms with Gasteiger partial charge in [0.05, 0.1) is 7.11 Å². The summed E-state index contributed by atoms with van der Waals surface area (Å²) >= 11 is 2.87. The van der Waals surface area contributed by atoms with E-state index in [4.69, 9.17) is 4.74 Å². The molecule has 118 valence electrons. The van der Waals surface area contributed by atoms with Gasteiger partial charge in [-0.05, 0) is 11.4 Å². The van der Waals surface area contributed by atoms with Crippen LogP contribution in [0.4, 0.5) is 5.13 Å². The number of aromatic nitrogens is 2. The Morgan fingerprint density at radius 2 is 2.14 bits per heavy atom. The van der Waals surface area contributed by atoms with Crippen LogP contribution in [0.5, 0.6) is 5.75 Å². The molecular formula is C14H18N4O2S2. The molecule has 0 unspecified atom stereocenters. The van der Waals surface area contributed by atoms with Gasteiger partial charge < -0.3 is 14.5 Å². The molecule has 0 bridgehead atoms. The van der Waals surface area contributed by atoms with Crippen molar-refractivity contribution in [3.05, 3.63) is 22.1 Å². The monoisotopic (exact) mass is 338 g/mol. The van der Waals surface area contributed by atoms with Crippen molar-refractivity contribution in [1.82, 2.24) is 14.3 Å². The summed E-state index contributed by atoms with van der Waals surface area (Å²) in [7, 11) is 1.59. The maximum absolute atomic E-state index is 12.5. The average Bonchev–Trinajstić information content (AvgIpc) is 3.23. The number of thiophene rings is 1. The Bertz CT molecular complexity index is 647. The highest BCUT2D eigenvalue weighted by Gasteiger charge is 2.26. The molecule has 1 aliphatic rings. The molecule has 3 heterocycles. The standard InChI is InChI=1S/C14H18N4O2S2/c1-3-11-15-14(22-16-11)18-7-5-17(6-8-18)13(19)12-10(20-2)4-9-21-12/h4,9H,3,5-8H2,1-2H3. The molecule has 0 spiro atoms. The number of methoxy groups -OCH3 is 1. The summed E-state index contributed by atoms with van der Waals surface area (Å²) in [6, 6.07) is 1.83. The number of piperazine rings is 1. The molecule has 2 aromatic heterocycles. The molecule has 1 saturated heterocycles. The fraction of sp³-hybridized carbons (Fsp3) is 0.500. The number of hydrogen-bond donors (Lipinski definition) is 0. The van der Waals surface area contributed by atoms with E-state index in [0.29, 0.717) is 23.7 Å². The van der Waals surface area contributed by atoms with E-state index < -0.39 is 0 Å². The van der Waals surface area contributed by atoms with Crippen LogP contribution >= 0.6 is 22.9 Å². The van der Waals surface area contributed by atoms with Gasteiger partial charge in [-0.2, -0.15) is 4.37 Å². The van der Waals surface area contributed by atoms with Crippen molar-refractivity contribution in [2.45, 2.75) is 13.3 Å². The second-order valence-corrected chi connectivity index (χ2v) is 6.59. The Hall–Kier alpha value is -1.67. The zero-order valence-corrected chi connectivity index (χ0v) is 14.2. The number of anilines is 1. The number of carbonyl (C=O) groups is 1. The van der Waals surface area contributed by atoms with Crippen LogP contribution in [0.1, 0.15) is 22.4 Å². The Balaban J connectivity index is 1.63. The van der Waals surface area contributed by atoms with Gasteiger partial charge in [0, 0.05) is 44.1 Å². The lowest BCUT2D eigenvalue weighted by Crippen LogP contribution is -2.48. The van der Waals surface area contributed by atoms with Crippen LogP contribution in [0.3, 0.4) is 0 Å². The summed E-state index contributed by atoms with van der Waals surface area (Å²) in [6.45, 7) is 5.02. The molecule has 1 amide bonds. The van der Waals surface area contributed by atoms with Gasteiger partial charge in [-0.1, -0.05) is 6.92 Å². The highest BCUT2D eigenvalue weighted by molar-refractivity contribution is 7.12. The van der Waals surface area contributed by atoms with Crippen molar-refractivity contribution < 1.29 is 9.53 Å². The maximum Gasteiger partial charge on any atom is 0.267 e. The van der Waals surface area contributed by atoms with Crippen LogP contribution in [0.2, 0.25) is 0 Å². The van der Waals surface area contributed by atoms with Crippen molar-refractivity contribution in [3.63, 3.8) is 0 Å². The summed E-state index contributed by atoms with van der Waals surface area (Å²) in [5.41, 5.74) is 0. The van der Waals surface area contributed by atoms with E-state index in [1.165, 1.54) is 22.9 Å². The lowest BCUT2D eigenvalue weighted by atomic mass is 10.3. The summed E-state index contributed by atoms with van der Waals surface area (Å²) in [4.78, 5) is 21.8. The van der Waals surface area contributed by atoms with E-state index in [-0.39, 0.29) is 5.91 Å². The predicted molar refractivity (Wildman–Crippen MR) is 88.3 cm³/mol. The zero-order valence-electron chi connectivity index (χ0n) is 12.6. The molecule has 0 N–H and O–H groups in total. The third-order valence-electron chi connectivity index (χ3n) is 3.65. The van der Waals surface area contributed by atoms with Crippen molar-refractivity contribution in [2.75, 3.05) is 38.2 Å². The van der Waals surface area contributed by atoms with Crippen LogP contribution in [0.15, 0.2) is 11.4 Å². The van der Waals surface area contributed by atoms with Gasteiger partial charge in [0.1, 0.15) is 16.5 Å². The molecule has 22 heavy (non-hydrogen) atoms. The molecule has 0 atom stereocenters. The molecule has 8 heteroatoms. The van der Waals surface area contributed by atoms with Crippen molar-refractivity contribution in [3.8, 4) is 5.75 Å². The minimum absolute atomic E-state index is 0.0537. The van der Waals surface area contributed by atoms with Crippen molar-refractivity contribution in [1.29, 1.82) is 0 Å². The summed E-state index contributed by atoms with van der Waals surface area (Å²) in [5, 5.41) is 2.84. The van der Waals surface area contributed by atoms with Crippen molar-refractivity contribution in [2.24, 2.45) is 0 Å². The van der Waals surface area contributed by atoms with E-state index in [0.717, 1.165) is 30.5 Å². The number of carbonyl (C=O) groups excluding carboxylic acids is 1. The minimum Gasteiger partial charge on any atom is -0.495 e. The number of aryl methyl sites for hydroxylation is 1. The van der Waals surface area contributed by atoms with Crippen LogP contribution in [0, 0.1) is 0 Å². The van der Waals surface area contributed by atoms with Crippen LogP contribution in [-0.2, 0) is 6.42 Å². The molecule has 6 nitrogen and oxygen atoms in total. The molecule has 1 fully saturated rings. The number of amides is 1. The first-order valence-corrected chi connectivity index (χ1v) is 8.86. The van der Waals surface area contributed by atoms with Crippen LogP contribution < -0.4 is 9.64 Å². The van der Waals surface area contributed by atoms with Gasteiger partial charge in [-0.3, -0.25) is 4.79 Å². The summed E-state index contributed by atoms with van der Waals surface area (Å²) < 4.78 is 9.56. The van der Waals surface area contributed by atoms with Crippen molar-refractivity contribution >= 4 is 33.9 Å². The lowest BCUT2D eigenvalue weighted by molar-refractivity contribution is 0.0748. The van der Waals surface area contributed by atoms with Gasteiger partial charge in [0.15, 0.2) is 0 Å². The van der Waals surface area contributed by atoms with E-state index in [1.54, 1.807) is 7.11 Å². The largest absolute Gasteiger partial charge is 0.495 e. The second kappa shape index (κ2) is 6.62. The Kier molecular flexibility index (Phi) is 4.58. The summed E-state index contributed by atoms with van der Waals surface area (Å²) in [6.07, 6.45) is 0.854. The quantitative estimate of drug-likeness (QED) is 0.855. The normalized spacial score (nSPS) is 15.2. The minimum atomic E-state index is 0.0537. The van der Waals surface area contributed by atoms with E-state index in [2.05, 4.69) is 21.2 Å². The molecular weight excluding hydrogens is 320 g/mol. The SMILES string of the molecule is CCc1nsc(N2CCN(C(=O)c3sccc3OC)CC2)n1. The molecule has 1 aliphatic heterocycles. The number of hydrogen-bond acceptors (Lipinski definition) is 7. The van der Waals surface area contributed by atoms with Gasteiger partial charge in [-0.15, -0.1) is 11.3 Å². The first kappa shape index (κ1) is 15.2. The molecule has 0 radical (unpaired) electrons. The smallest absolute Gasteiger partial charge is 0.267 e. The number of nitrogens with zero attached hydrogens (tertiary/aromatic N) is 4. The predicted octanol–water partition coefficient (Wildman–Crippen LogP) is 2.13. The zero-order chi connectivity index (χ0) is 15.5. The van der Waals surface area contributed by atoms with E-state index in [9.17, 15) is 4.79 Å². The van der Waals surface area contributed by atoms with E-state index in [1.807, 2.05) is 16.3 Å². The highest BCUT2D eigenvalue weighted by Crippen LogP contribution is 2.27. The Labute approximate surface area is 137 Å². The van der Waals surface area contributed by atoms with Crippen LogP contribution in [-0.4, -0.2) is 53.5 Å². The number of ether oxygens (including phenoxy) is 1. The number of rotatable bonds is 4. The first-order valence-electron chi connectivity index (χ1n) is 7.21. The van der Waals surface area contributed by atoms with Gasteiger partial charge in [0.2, 0.25) is 5.13 Å². The third-order valence-corrected chi connectivity index (χ3v) is 5.35. The maximum atomic E-state index is 12.5. The first-order chi connectivity index (χ1) is 10.7. The van der Waals surface area contributed by atoms with Crippen LogP contribution in [0.25, 0.3) is 0 Å². The average molecular weight is 338 g/mol. The summed E-state index contributed by atoms with van der Waals surface area (Å²) in [5.74, 6) is 1.61. The molecule has 2 aromatic rings. The third kappa shape index (κ3) is 2.93. The second-order valence-electron chi connectivity index (χ2n) is 4.94. The topological polar surface area (TPSA) is 58.6 Å². The Morgan fingerprint density at radius 3 is 2.77 bits per heavy atom. The molecule has 0 saturated carbocycles. The van der Waals surface area contributed by atoms with E-state index >= 15 is 0 Å². The lowest BCUT2D eigenvalue weighted by Gasteiger charge is -2.34. The Morgan fingerprint density at radius 1 is 1.36 bits per heavy atom. The fourth-order valence-electron chi connectivity index (χ4n) is 2.38.